The zero-order valence-electron chi connectivity index (χ0n) is 19.8. The third-order valence-electron chi connectivity index (χ3n) is 8.35. The number of hydrogen-bond acceptors (Lipinski definition) is 7. The Morgan fingerprint density at radius 1 is 1.17 bits per heavy atom. The van der Waals surface area contributed by atoms with Gasteiger partial charge in [-0.3, -0.25) is 14.4 Å². The zero-order valence-corrected chi connectivity index (χ0v) is 19.8. The Kier molecular flexibility index (Phi) is 5.07. The van der Waals surface area contributed by atoms with Crippen LogP contribution in [0.3, 0.4) is 0 Å². The van der Waals surface area contributed by atoms with Crippen LogP contribution in [0.25, 0.3) is 0 Å². The number of nitrogens with zero attached hydrogens (tertiary/aromatic N) is 3. The summed E-state index contributed by atoms with van der Waals surface area (Å²) in [6.45, 7) is 5.40. The van der Waals surface area contributed by atoms with Gasteiger partial charge in [-0.05, 0) is 19.1 Å². The lowest BCUT2D eigenvalue weighted by Gasteiger charge is -2.43. The Labute approximate surface area is 202 Å². The van der Waals surface area contributed by atoms with Crippen LogP contribution in [0.4, 0.5) is 4.79 Å². The minimum Gasteiger partial charge on any atom is -0.467 e. The number of Topliss-reactive ketones (excluding diaryl/α,β-unsaturated/α-hetero) is 1. The predicted molar refractivity (Wildman–Crippen MR) is 120 cm³/mol. The summed E-state index contributed by atoms with van der Waals surface area (Å²) in [5, 5.41) is 0. The van der Waals surface area contributed by atoms with Crippen molar-refractivity contribution in [1.82, 2.24) is 14.7 Å². The number of rotatable bonds is 3. The first-order valence-corrected chi connectivity index (χ1v) is 12.3. The molecule has 0 aromatic carbocycles. The molecule has 1 spiro atoms. The van der Waals surface area contributed by atoms with E-state index >= 15 is 0 Å². The summed E-state index contributed by atoms with van der Waals surface area (Å²) in [6.07, 6.45) is 4.61. The van der Waals surface area contributed by atoms with Gasteiger partial charge in [-0.25, -0.2) is 4.79 Å². The second kappa shape index (κ2) is 7.94. The number of furan rings is 1. The predicted octanol–water partition coefficient (Wildman–Crippen LogP) is 1.38. The van der Waals surface area contributed by atoms with Gasteiger partial charge in [-0.2, -0.15) is 0 Å². The highest BCUT2D eigenvalue weighted by Crippen LogP contribution is 2.60. The van der Waals surface area contributed by atoms with Gasteiger partial charge in [0.15, 0.2) is 0 Å². The largest absolute Gasteiger partial charge is 0.467 e. The van der Waals surface area contributed by atoms with Crippen molar-refractivity contribution in [2.75, 3.05) is 32.8 Å². The molecule has 4 fully saturated rings. The van der Waals surface area contributed by atoms with Crippen LogP contribution in [-0.4, -0.2) is 88.9 Å². The van der Waals surface area contributed by atoms with Gasteiger partial charge < -0.3 is 28.6 Å². The molecule has 2 bridgehead atoms. The molecule has 10 nitrogen and oxygen atoms in total. The quantitative estimate of drug-likeness (QED) is 0.598. The van der Waals surface area contributed by atoms with Gasteiger partial charge in [0.2, 0.25) is 11.8 Å². The summed E-state index contributed by atoms with van der Waals surface area (Å²) in [4.78, 5) is 57.9. The molecule has 0 unspecified atom stereocenters. The molecule has 0 saturated carbocycles. The van der Waals surface area contributed by atoms with Gasteiger partial charge in [0.1, 0.15) is 17.1 Å². The molecule has 6 heterocycles. The maximum absolute atomic E-state index is 14.0. The lowest BCUT2D eigenvalue weighted by atomic mass is 9.70. The summed E-state index contributed by atoms with van der Waals surface area (Å²) in [5.41, 5.74) is -1.00. The Bertz CT molecular complexity index is 1090. The van der Waals surface area contributed by atoms with Crippen molar-refractivity contribution in [3.63, 3.8) is 0 Å². The first kappa shape index (κ1) is 22.3. The number of amides is 3. The van der Waals surface area contributed by atoms with E-state index in [-0.39, 0.29) is 30.1 Å². The van der Waals surface area contributed by atoms with E-state index in [1.807, 2.05) is 19.1 Å². The van der Waals surface area contributed by atoms with Crippen molar-refractivity contribution in [2.24, 2.45) is 17.8 Å². The fourth-order valence-corrected chi connectivity index (χ4v) is 6.78. The number of ketones is 1. The van der Waals surface area contributed by atoms with Crippen molar-refractivity contribution in [3.05, 3.63) is 36.3 Å². The Hall–Kier alpha value is -3.14. The van der Waals surface area contributed by atoms with Crippen LogP contribution in [0.1, 0.15) is 32.1 Å². The van der Waals surface area contributed by atoms with Crippen LogP contribution in [0.5, 0.6) is 0 Å². The Morgan fingerprint density at radius 3 is 2.60 bits per heavy atom. The van der Waals surface area contributed by atoms with Crippen molar-refractivity contribution >= 4 is 23.7 Å². The van der Waals surface area contributed by atoms with Crippen molar-refractivity contribution in [3.8, 4) is 0 Å². The van der Waals surface area contributed by atoms with Gasteiger partial charge in [0.05, 0.1) is 42.9 Å². The summed E-state index contributed by atoms with van der Waals surface area (Å²) in [5.74, 6) is -1.45. The number of ether oxygens (including phenoxy) is 2. The lowest BCUT2D eigenvalue weighted by Crippen LogP contribution is -2.55. The summed E-state index contributed by atoms with van der Waals surface area (Å²) >= 11 is 0. The SMILES string of the molecule is CCOC(=O)N1CCN(C(=O)[C@H]2[C@@H]3C=C[C@]4(O3)[C@H]2C(=O)N2[C@H](c3ccco3)CC(=O)[C@@H](C)[C@@H]24)CC1. The van der Waals surface area contributed by atoms with E-state index < -0.39 is 41.5 Å². The van der Waals surface area contributed by atoms with E-state index in [1.165, 1.54) is 6.26 Å². The van der Waals surface area contributed by atoms with Crippen molar-refractivity contribution in [2.45, 2.75) is 44.1 Å². The topological polar surface area (TPSA) is 110 Å². The highest BCUT2D eigenvalue weighted by Gasteiger charge is 2.74. The summed E-state index contributed by atoms with van der Waals surface area (Å²) in [7, 11) is 0. The molecule has 7 atom stereocenters. The van der Waals surface area contributed by atoms with E-state index in [2.05, 4.69) is 0 Å². The smallest absolute Gasteiger partial charge is 0.409 e. The third-order valence-corrected chi connectivity index (χ3v) is 8.35. The monoisotopic (exact) mass is 483 g/mol. The zero-order chi connectivity index (χ0) is 24.5. The molecule has 3 amide bonds. The van der Waals surface area contributed by atoms with Crippen LogP contribution in [0.2, 0.25) is 0 Å². The minimum absolute atomic E-state index is 0.0563. The second-order valence-corrected chi connectivity index (χ2v) is 9.99. The molecular formula is C25H29N3O7. The molecule has 6 rings (SSSR count). The number of carbonyl (C=O) groups excluding carboxylic acids is 4. The molecule has 0 radical (unpaired) electrons. The molecule has 5 aliphatic heterocycles. The molecule has 35 heavy (non-hydrogen) atoms. The van der Waals surface area contributed by atoms with E-state index in [0.717, 1.165) is 0 Å². The van der Waals surface area contributed by atoms with E-state index in [0.29, 0.717) is 38.5 Å². The first-order chi connectivity index (χ1) is 16.9. The third kappa shape index (κ3) is 3.05. The fourth-order valence-electron chi connectivity index (χ4n) is 6.78. The Morgan fingerprint density at radius 2 is 1.91 bits per heavy atom. The summed E-state index contributed by atoms with van der Waals surface area (Å²) < 4.78 is 17.1. The molecule has 1 aromatic rings. The molecule has 4 saturated heterocycles. The molecule has 0 N–H and O–H groups in total. The number of piperazine rings is 1. The maximum atomic E-state index is 14.0. The van der Waals surface area contributed by atoms with E-state index in [9.17, 15) is 19.2 Å². The van der Waals surface area contributed by atoms with Gasteiger partial charge in [0, 0.05) is 38.5 Å². The van der Waals surface area contributed by atoms with Crippen LogP contribution >= 0.6 is 0 Å². The first-order valence-electron chi connectivity index (χ1n) is 12.3. The molecular weight excluding hydrogens is 454 g/mol. The second-order valence-electron chi connectivity index (χ2n) is 9.99. The molecule has 5 aliphatic rings. The maximum Gasteiger partial charge on any atom is 0.409 e. The average Bonchev–Trinajstić information content (AvgIpc) is 3.64. The standard InChI is InChI=1S/C25H29N3O7/c1-3-33-24(32)27-10-8-26(9-11-27)22(30)19-18-6-7-25(35-18)20(19)23(31)28-15(17-5-4-12-34-17)13-16(29)14(2)21(25)28/h4-7,12,14-15,18-21H,3,8-11,13H2,1-2H3/t14-,15+,18+,19+,20-,21-,25+/m1/s1. The van der Waals surface area contributed by atoms with Gasteiger partial charge in [0.25, 0.3) is 0 Å². The van der Waals surface area contributed by atoms with E-state index in [1.54, 1.807) is 33.8 Å². The normalized spacial score (nSPS) is 37.6. The van der Waals surface area contributed by atoms with E-state index in [4.69, 9.17) is 13.9 Å². The highest BCUT2D eigenvalue weighted by molar-refractivity contribution is 5.96. The number of piperidine rings is 1. The van der Waals surface area contributed by atoms with Crippen LogP contribution in [0.15, 0.2) is 35.0 Å². The fraction of sp³-hybridized carbons (Fsp3) is 0.600. The molecule has 186 valence electrons. The highest BCUT2D eigenvalue weighted by atomic mass is 16.6. The molecule has 10 heteroatoms. The lowest BCUT2D eigenvalue weighted by molar-refractivity contribution is -0.150. The van der Waals surface area contributed by atoms with Gasteiger partial charge in [-0.15, -0.1) is 0 Å². The summed E-state index contributed by atoms with van der Waals surface area (Å²) in [6, 6.07) is 2.53. The van der Waals surface area contributed by atoms with Crippen LogP contribution in [0, 0.1) is 17.8 Å². The minimum atomic E-state index is -1.00. The Balaban J connectivity index is 1.28. The van der Waals surface area contributed by atoms with Crippen molar-refractivity contribution in [1.29, 1.82) is 0 Å². The number of carbonyl (C=O) groups is 4. The van der Waals surface area contributed by atoms with Crippen LogP contribution < -0.4 is 0 Å². The van der Waals surface area contributed by atoms with Crippen LogP contribution in [-0.2, 0) is 23.9 Å². The van der Waals surface area contributed by atoms with Crippen molar-refractivity contribution < 1.29 is 33.1 Å². The van der Waals surface area contributed by atoms with Gasteiger partial charge in [-0.1, -0.05) is 19.1 Å². The molecule has 1 aromatic heterocycles. The number of hydrogen-bond donors (Lipinski definition) is 0. The average molecular weight is 484 g/mol. The number of fused-ring (bicyclic) bond motifs is 2. The van der Waals surface area contributed by atoms with Gasteiger partial charge >= 0.3 is 6.09 Å². The molecule has 0 aliphatic carbocycles.